The van der Waals surface area contributed by atoms with E-state index in [0.717, 1.165) is 16.8 Å². The minimum absolute atomic E-state index is 0.157. The average Bonchev–Trinajstić information content (AvgIpc) is 3.27. The number of hydrogen-bond donors (Lipinski definition) is 0. The Morgan fingerprint density at radius 3 is 2.43 bits per heavy atom. The molecule has 0 bridgehead atoms. The summed E-state index contributed by atoms with van der Waals surface area (Å²) < 4.78 is 5.37. The Morgan fingerprint density at radius 1 is 0.900 bits per heavy atom. The van der Waals surface area contributed by atoms with Gasteiger partial charge in [-0.05, 0) is 29.8 Å². The third-order valence-corrected chi connectivity index (χ3v) is 5.25. The van der Waals surface area contributed by atoms with Crippen LogP contribution in [0.3, 0.4) is 0 Å². The molecule has 0 saturated heterocycles. The summed E-state index contributed by atoms with van der Waals surface area (Å²) in [5.74, 6) is -0.133. The Hall–Kier alpha value is -3.15. The van der Waals surface area contributed by atoms with E-state index in [-0.39, 0.29) is 11.7 Å². The van der Waals surface area contributed by atoms with Crippen LogP contribution < -0.4 is 0 Å². The van der Waals surface area contributed by atoms with Crippen molar-refractivity contribution in [3.05, 3.63) is 106 Å². The van der Waals surface area contributed by atoms with Crippen molar-refractivity contribution in [2.45, 2.75) is 13.1 Å². The summed E-state index contributed by atoms with van der Waals surface area (Å²) in [6.45, 7) is 0.620. The van der Waals surface area contributed by atoms with Gasteiger partial charge in [0.15, 0.2) is 0 Å². The SMILES string of the molecule is O=C(c1cc(-c2ccccc2)no1)N(Cc1ccc(Cl)c(Cl)c1)Cc1ccccn1. The molecule has 0 aliphatic carbocycles. The second kappa shape index (κ2) is 9.11. The van der Waals surface area contributed by atoms with E-state index in [1.165, 1.54) is 0 Å². The van der Waals surface area contributed by atoms with Gasteiger partial charge in [-0.25, -0.2) is 0 Å². The minimum atomic E-state index is -0.290. The number of carbonyl (C=O) groups is 1. The number of amides is 1. The van der Waals surface area contributed by atoms with Crippen LogP contribution in [0.5, 0.6) is 0 Å². The highest BCUT2D eigenvalue weighted by molar-refractivity contribution is 6.42. The third-order valence-electron chi connectivity index (χ3n) is 4.51. The van der Waals surface area contributed by atoms with E-state index < -0.39 is 0 Å². The maximum Gasteiger partial charge on any atom is 0.293 e. The molecular formula is C23H17Cl2N3O2. The summed E-state index contributed by atoms with van der Waals surface area (Å²) in [6.07, 6.45) is 1.69. The predicted molar refractivity (Wildman–Crippen MR) is 116 cm³/mol. The van der Waals surface area contributed by atoms with E-state index in [1.54, 1.807) is 29.3 Å². The maximum atomic E-state index is 13.3. The first-order valence-electron chi connectivity index (χ1n) is 9.25. The van der Waals surface area contributed by atoms with E-state index in [4.69, 9.17) is 27.7 Å². The van der Waals surface area contributed by atoms with Crippen LogP contribution in [0.1, 0.15) is 21.8 Å². The van der Waals surface area contributed by atoms with Crippen molar-refractivity contribution in [3.63, 3.8) is 0 Å². The molecule has 5 nitrogen and oxygen atoms in total. The van der Waals surface area contributed by atoms with Gasteiger partial charge < -0.3 is 9.42 Å². The summed E-state index contributed by atoms with van der Waals surface area (Å²) in [7, 11) is 0. The summed E-state index contributed by atoms with van der Waals surface area (Å²) in [4.78, 5) is 19.2. The molecular weight excluding hydrogens is 421 g/mol. The van der Waals surface area contributed by atoms with Gasteiger partial charge in [-0.3, -0.25) is 9.78 Å². The molecule has 0 fully saturated rings. The predicted octanol–water partition coefficient (Wildman–Crippen LogP) is 5.89. The van der Waals surface area contributed by atoms with Crippen molar-refractivity contribution in [2.75, 3.05) is 0 Å². The lowest BCUT2D eigenvalue weighted by molar-refractivity contribution is 0.0685. The summed E-state index contributed by atoms with van der Waals surface area (Å²) in [6, 6.07) is 22.1. The quantitative estimate of drug-likeness (QED) is 0.377. The van der Waals surface area contributed by atoms with Gasteiger partial charge in [-0.1, -0.05) is 70.8 Å². The molecule has 7 heteroatoms. The van der Waals surface area contributed by atoms with Crippen molar-refractivity contribution in [2.24, 2.45) is 0 Å². The lowest BCUT2D eigenvalue weighted by Crippen LogP contribution is -2.30. The molecule has 30 heavy (non-hydrogen) atoms. The number of nitrogens with zero attached hydrogens (tertiary/aromatic N) is 3. The van der Waals surface area contributed by atoms with Gasteiger partial charge in [0.1, 0.15) is 5.69 Å². The van der Waals surface area contributed by atoms with Gasteiger partial charge in [0, 0.05) is 24.4 Å². The van der Waals surface area contributed by atoms with Crippen molar-refractivity contribution >= 4 is 29.1 Å². The molecule has 0 aliphatic heterocycles. The molecule has 150 valence electrons. The van der Waals surface area contributed by atoms with Crippen LogP contribution in [0.25, 0.3) is 11.3 Å². The molecule has 0 spiro atoms. The zero-order valence-electron chi connectivity index (χ0n) is 15.8. The number of carbonyl (C=O) groups excluding carboxylic acids is 1. The van der Waals surface area contributed by atoms with E-state index in [9.17, 15) is 4.79 Å². The first-order chi connectivity index (χ1) is 14.6. The van der Waals surface area contributed by atoms with Gasteiger partial charge in [-0.15, -0.1) is 0 Å². The van der Waals surface area contributed by atoms with E-state index in [1.807, 2.05) is 54.6 Å². The summed E-state index contributed by atoms with van der Waals surface area (Å²) in [5.41, 5.74) is 3.08. The first kappa shape index (κ1) is 20.1. The lowest BCUT2D eigenvalue weighted by Gasteiger charge is -2.21. The third kappa shape index (κ3) is 4.70. The van der Waals surface area contributed by atoms with Crippen molar-refractivity contribution in [1.82, 2.24) is 15.0 Å². The Bertz CT molecular complexity index is 1150. The normalized spacial score (nSPS) is 10.7. The Balaban J connectivity index is 1.62. The Morgan fingerprint density at radius 2 is 1.70 bits per heavy atom. The molecule has 0 atom stereocenters. The average molecular weight is 438 g/mol. The summed E-state index contributed by atoms with van der Waals surface area (Å²) >= 11 is 12.2. The van der Waals surface area contributed by atoms with Crippen molar-refractivity contribution < 1.29 is 9.32 Å². The van der Waals surface area contributed by atoms with Gasteiger partial charge >= 0.3 is 0 Å². The second-order valence-corrected chi connectivity index (χ2v) is 7.49. The van der Waals surface area contributed by atoms with Gasteiger partial charge in [0.05, 0.1) is 22.3 Å². The molecule has 2 aromatic heterocycles. The molecule has 4 rings (SSSR count). The number of halogens is 2. The highest BCUT2D eigenvalue weighted by Gasteiger charge is 2.22. The zero-order chi connectivity index (χ0) is 20.9. The number of aromatic nitrogens is 2. The lowest BCUT2D eigenvalue weighted by atomic mass is 10.1. The van der Waals surface area contributed by atoms with E-state index in [2.05, 4.69) is 10.1 Å². The van der Waals surface area contributed by atoms with Gasteiger partial charge in [-0.2, -0.15) is 0 Å². The number of hydrogen-bond acceptors (Lipinski definition) is 4. The highest BCUT2D eigenvalue weighted by Crippen LogP contribution is 2.25. The monoisotopic (exact) mass is 437 g/mol. The fraction of sp³-hybridized carbons (Fsp3) is 0.0870. The van der Waals surface area contributed by atoms with Crippen LogP contribution in [0.15, 0.2) is 83.5 Å². The van der Waals surface area contributed by atoms with E-state index >= 15 is 0 Å². The topological polar surface area (TPSA) is 59.2 Å². The highest BCUT2D eigenvalue weighted by atomic mass is 35.5. The van der Waals surface area contributed by atoms with Crippen LogP contribution in [0.2, 0.25) is 10.0 Å². The van der Waals surface area contributed by atoms with Crippen LogP contribution in [-0.2, 0) is 13.1 Å². The number of pyridine rings is 1. The van der Waals surface area contributed by atoms with E-state index in [0.29, 0.717) is 28.8 Å². The van der Waals surface area contributed by atoms with Crippen molar-refractivity contribution in [1.29, 1.82) is 0 Å². The van der Waals surface area contributed by atoms with Gasteiger partial charge in [0.25, 0.3) is 5.91 Å². The molecule has 2 heterocycles. The molecule has 1 amide bonds. The second-order valence-electron chi connectivity index (χ2n) is 6.67. The Labute approximate surface area is 183 Å². The molecule has 0 N–H and O–H groups in total. The molecule has 0 radical (unpaired) electrons. The first-order valence-corrected chi connectivity index (χ1v) is 10.0. The number of rotatable bonds is 6. The molecule has 0 saturated carbocycles. The van der Waals surface area contributed by atoms with Crippen LogP contribution in [-0.4, -0.2) is 20.9 Å². The fourth-order valence-electron chi connectivity index (χ4n) is 3.02. The van der Waals surface area contributed by atoms with Crippen molar-refractivity contribution in [3.8, 4) is 11.3 Å². The number of benzene rings is 2. The molecule has 2 aromatic carbocycles. The van der Waals surface area contributed by atoms with Crippen LogP contribution in [0.4, 0.5) is 0 Å². The smallest absolute Gasteiger partial charge is 0.293 e. The molecule has 4 aromatic rings. The standard InChI is InChI=1S/C23H17Cl2N3O2/c24-19-10-9-16(12-20(19)25)14-28(15-18-8-4-5-11-26-18)23(29)22-13-21(27-30-22)17-6-2-1-3-7-17/h1-13H,14-15H2. The zero-order valence-corrected chi connectivity index (χ0v) is 17.3. The van der Waals surface area contributed by atoms with Crippen LogP contribution >= 0.6 is 23.2 Å². The summed E-state index contributed by atoms with van der Waals surface area (Å²) in [5, 5.41) is 4.95. The van der Waals surface area contributed by atoms with Gasteiger partial charge in [0.2, 0.25) is 5.76 Å². The largest absolute Gasteiger partial charge is 0.350 e. The molecule has 0 unspecified atom stereocenters. The molecule has 0 aliphatic rings. The van der Waals surface area contributed by atoms with Crippen LogP contribution in [0, 0.1) is 0 Å². The minimum Gasteiger partial charge on any atom is -0.350 e. The Kier molecular flexibility index (Phi) is 6.12. The maximum absolute atomic E-state index is 13.3. The fourth-order valence-corrected chi connectivity index (χ4v) is 3.34.